The zero-order chi connectivity index (χ0) is 14.4. The van der Waals surface area contributed by atoms with E-state index in [1.54, 1.807) is 18.7 Å². The Morgan fingerprint density at radius 3 is 2.85 bits per heavy atom. The number of carbonyl (C=O) groups is 1. The van der Waals surface area contributed by atoms with Gasteiger partial charge in [-0.15, -0.1) is 21.8 Å². The second kappa shape index (κ2) is 7.61. The first kappa shape index (κ1) is 15.3. The number of benzene rings is 1. The van der Waals surface area contributed by atoms with Gasteiger partial charge < -0.3 is 0 Å². The fourth-order valence-corrected chi connectivity index (χ4v) is 3.29. The number of carbonyl (C=O) groups excluding carboxylic acids is 1. The van der Waals surface area contributed by atoms with Gasteiger partial charge in [-0.25, -0.2) is 0 Å². The lowest BCUT2D eigenvalue weighted by Crippen LogP contribution is -2.20. The van der Waals surface area contributed by atoms with Crippen molar-refractivity contribution in [1.29, 1.82) is 0 Å². The van der Waals surface area contributed by atoms with Crippen molar-refractivity contribution in [2.75, 3.05) is 11.1 Å². The number of aryl methyl sites for hydroxylation is 1. The van der Waals surface area contributed by atoms with Gasteiger partial charge in [-0.3, -0.25) is 10.1 Å². The van der Waals surface area contributed by atoms with E-state index >= 15 is 0 Å². The van der Waals surface area contributed by atoms with Gasteiger partial charge in [0, 0.05) is 5.75 Å². The van der Waals surface area contributed by atoms with Crippen LogP contribution in [0, 0.1) is 0 Å². The molecule has 0 aliphatic heterocycles. The highest BCUT2D eigenvalue weighted by Gasteiger charge is 2.12. The highest BCUT2D eigenvalue weighted by Crippen LogP contribution is 2.26. The highest BCUT2D eigenvalue weighted by molar-refractivity contribution is 8.01. The standard InChI is InChI=1S/C13H14ClN3OS2/c1-9(14)11(18)15-12-16-17-13(20-12)19-8-7-10-5-3-2-4-6-10/h2-6,9H,7-8H2,1H3,(H,15,16,18)/t9-/m0/s1. The third kappa shape index (κ3) is 4.77. The normalized spacial score (nSPS) is 12.1. The molecule has 0 spiro atoms. The molecule has 106 valence electrons. The maximum absolute atomic E-state index is 11.4. The Bertz CT molecular complexity index is 560. The molecule has 4 nitrogen and oxygen atoms in total. The summed E-state index contributed by atoms with van der Waals surface area (Å²) in [6.07, 6.45) is 0.978. The molecule has 1 amide bonds. The molecule has 1 heterocycles. The van der Waals surface area contributed by atoms with E-state index in [9.17, 15) is 4.79 Å². The SMILES string of the molecule is C[C@H](Cl)C(=O)Nc1nnc(SCCc2ccccc2)s1. The van der Waals surface area contributed by atoms with Crippen LogP contribution in [0.25, 0.3) is 0 Å². The lowest BCUT2D eigenvalue weighted by Gasteiger charge is -2.00. The maximum atomic E-state index is 11.4. The minimum Gasteiger partial charge on any atom is -0.299 e. The van der Waals surface area contributed by atoms with Crippen LogP contribution in [-0.2, 0) is 11.2 Å². The molecule has 0 saturated carbocycles. The van der Waals surface area contributed by atoms with E-state index in [0.29, 0.717) is 5.13 Å². The van der Waals surface area contributed by atoms with Crippen molar-refractivity contribution in [3.63, 3.8) is 0 Å². The summed E-state index contributed by atoms with van der Waals surface area (Å²) in [4.78, 5) is 11.4. The Kier molecular flexibility index (Phi) is 5.82. The van der Waals surface area contributed by atoms with Gasteiger partial charge >= 0.3 is 0 Å². The quantitative estimate of drug-likeness (QED) is 0.501. The van der Waals surface area contributed by atoms with Crippen molar-refractivity contribution in [3.8, 4) is 0 Å². The molecule has 1 aromatic carbocycles. The molecule has 1 N–H and O–H groups in total. The van der Waals surface area contributed by atoms with Crippen LogP contribution in [0.1, 0.15) is 12.5 Å². The van der Waals surface area contributed by atoms with Crippen LogP contribution >= 0.6 is 34.7 Å². The summed E-state index contributed by atoms with van der Waals surface area (Å²) in [7, 11) is 0. The van der Waals surface area contributed by atoms with E-state index in [1.807, 2.05) is 18.2 Å². The molecule has 7 heteroatoms. The Balaban J connectivity index is 1.80. The lowest BCUT2D eigenvalue weighted by molar-refractivity contribution is -0.115. The first-order valence-corrected chi connectivity index (χ1v) is 8.34. The Morgan fingerprint density at radius 1 is 1.40 bits per heavy atom. The zero-order valence-corrected chi connectivity index (χ0v) is 13.3. The molecule has 20 heavy (non-hydrogen) atoms. The van der Waals surface area contributed by atoms with Crippen molar-refractivity contribution < 1.29 is 4.79 Å². The first-order valence-electron chi connectivity index (χ1n) is 6.10. The van der Waals surface area contributed by atoms with E-state index in [1.165, 1.54) is 16.9 Å². The third-order valence-electron chi connectivity index (χ3n) is 2.46. The van der Waals surface area contributed by atoms with E-state index in [2.05, 4.69) is 27.6 Å². The molecule has 0 unspecified atom stereocenters. The molecule has 1 atom stereocenters. The summed E-state index contributed by atoms with van der Waals surface area (Å²) in [6.45, 7) is 1.62. The van der Waals surface area contributed by atoms with Gasteiger partial charge in [0.1, 0.15) is 5.38 Å². The van der Waals surface area contributed by atoms with E-state index in [0.717, 1.165) is 16.5 Å². The van der Waals surface area contributed by atoms with E-state index < -0.39 is 5.38 Å². The number of alkyl halides is 1. The van der Waals surface area contributed by atoms with Crippen LogP contribution in [0.2, 0.25) is 0 Å². The third-order valence-corrected chi connectivity index (χ3v) is 4.63. The summed E-state index contributed by atoms with van der Waals surface area (Å²) in [5.41, 5.74) is 1.30. The fraction of sp³-hybridized carbons (Fsp3) is 0.308. The number of nitrogens with zero attached hydrogens (tertiary/aromatic N) is 2. The second-order valence-corrected chi connectivity index (χ2v) is 7.04. The average molecular weight is 328 g/mol. The summed E-state index contributed by atoms with van der Waals surface area (Å²) in [5, 5.41) is 10.5. The molecular formula is C13H14ClN3OS2. The molecule has 0 aliphatic carbocycles. The number of halogens is 1. The minimum atomic E-state index is -0.576. The Labute approximate surface area is 130 Å². The van der Waals surface area contributed by atoms with Gasteiger partial charge in [-0.1, -0.05) is 53.4 Å². The molecule has 0 saturated heterocycles. The number of thioether (sulfide) groups is 1. The summed E-state index contributed by atoms with van der Waals surface area (Å²) in [6, 6.07) is 10.3. The van der Waals surface area contributed by atoms with Crippen molar-refractivity contribution in [2.45, 2.75) is 23.1 Å². The monoisotopic (exact) mass is 327 g/mol. The zero-order valence-electron chi connectivity index (χ0n) is 10.9. The predicted molar refractivity (Wildman–Crippen MR) is 84.7 cm³/mol. The van der Waals surface area contributed by atoms with E-state index in [-0.39, 0.29) is 5.91 Å². The smallest absolute Gasteiger partial charge is 0.243 e. The molecular weight excluding hydrogens is 314 g/mol. The van der Waals surface area contributed by atoms with Crippen LogP contribution in [0.15, 0.2) is 34.7 Å². The maximum Gasteiger partial charge on any atom is 0.243 e. The number of anilines is 1. The van der Waals surface area contributed by atoms with Crippen LogP contribution in [-0.4, -0.2) is 27.2 Å². The van der Waals surface area contributed by atoms with Gasteiger partial charge in [-0.05, 0) is 18.9 Å². The van der Waals surface area contributed by atoms with Gasteiger partial charge in [0.2, 0.25) is 11.0 Å². The van der Waals surface area contributed by atoms with Crippen LogP contribution in [0.4, 0.5) is 5.13 Å². The predicted octanol–water partition coefficient (Wildman–Crippen LogP) is 3.44. The molecule has 0 fully saturated rings. The van der Waals surface area contributed by atoms with Crippen molar-refractivity contribution in [3.05, 3.63) is 35.9 Å². The first-order chi connectivity index (χ1) is 9.65. The Hall–Kier alpha value is -1.11. The van der Waals surface area contributed by atoms with E-state index in [4.69, 9.17) is 11.6 Å². The minimum absolute atomic E-state index is 0.261. The second-order valence-electron chi connectivity index (χ2n) is 4.06. The number of aromatic nitrogens is 2. The van der Waals surface area contributed by atoms with Crippen molar-refractivity contribution in [2.24, 2.45) is 0 Å². The number of amides is 1. The largest absolute Gasteiger partial charge is 0.299 e. The fourth-order valence-electron chi connectivity index (χ4n) is 1.42. The van der Waals surface area contributed by atoms with Gasteiger partial charge in [-0.2, -0.15) is 0 Å². The van der Waals surface area contributed by atoms with Gasteiger partial charge in [0.05, 0.1) is 0 Å². The van der Waals surface area contributed by atoms with Gasteiger partial charge in [0.25, 0.3) is 0 Å². The van der Waals surface area contributed by atoms with Crippen molar-refractivity contribution >= 4 is 45.7 Å². The number of hydrogen-bond donors (Lipinski definition) is 1. The highest BCUT2D eigenvalue weighted by atomic mass is 35.5. The lowest BCUT2D eigenvalue weighted by atomic mass is 10.2. The molecule has 2 aromatic rings. The molecule has 0 aliphatic rings. The topological polar surface area (TPSA) is 54.9 Å². The summed E-state index contributed by atoms with van der Waals surface area (Å²) < 4.78 is 0.846. The number of hydrogen-bond acceptors (Lipinski definition) is 5. The molecule has 0 bridgehead atoms. The molecule has 1 aromatic heterocycles. The molecule has 0 radical (unpaired) electrons. The average Bonchev–Trinajstić information content (AvgIpc) is 2.87. The van der Waals surface area contributed by atoms with Crippen LogP contribution in [0.5, 0.6) is 0 Å². The summed E-state index contributed by atoms with van der Waals surface area (Å²) >= 11 is 8.67. The number of nitrogens with one attached hydrogen (secondary N) is 1. The molecule has 2 rings (SSSR count). The number of rotatable bonds is 6. The van der Waals surface area contributed by atoms with Crippen molar-refractivity contribution in [1.82, 2.24) is 10.2 Å². The van der Waals surface area contributed by atoms with Crippen LogP contribution < -0.4 is 5.32 Å². The Morgan fingerprint density at radius 2 is 2.15 bits per heavy atom. The van der Waals surface area contributed by atoms with Gasteiger partial charge in [0.15, 0.2) is 4.34 Å². The summed E-state index contributed by atoms with van der Waals surface area (Å²) in [5.74, 6) is 0.669. The van der Waals surface area contributed by atoms with Crippen LogP contribution in [0.3, 0.4) is 0 Å².